The van der Waals surface area contributed by atoms with Gasteiger partial charge in [-0.1, -0.05) is 18.0 Å². The molecule has 3 unspecified atom stereocenters. The minimum Gasteiger partial charge on any atom is -0.310 e. The van der Waals surface area contributed by atoms with E-state index in [4.69, 9.17) is 11.6 Å². The molecule has 2 bridgehead atoms. The van der Waals surface area contributed by atoms with Gasteiger partial charge in [-0.05, 0) is 42.7 Å². The molecule has 19 heavy (non-hydrogen) atoms. The number of halogens is 1. The number of benzene rings is 1. The molecule has 3 rings (SSSR count). The number of nitrogens with one attached hydrogen (secondary N) is 1. The first-order valence-corrected chi connectivity index (χ1v) is 7.17. The van der Waals surface area contributed by atoms with Crippen LogP contribution in [0.3, 0.4) is 0 Å². The molecule has 0 saturated heterocycles. The SMILES string of the molecule is O=[N+]([O-])c1ccc(CNC2CC3CCC2C3)c(Cl)c1. The Morgan fingerprint density at radius 2 is 2.21 bits per heavy atom. The van der Waals surface area contributed by atoms with Gasteiger partial charge in [0.15, 0.2) is 0 Å². The summed E-state index contributed by atoms with van der Waals surface area (Å²) in [6.45, 7) is 0.699. The number of hydrogen-bond donors (Lipinski definition) is 1. The summed E-state index contributed by atoms with van der Waals surface area (Å²) in [7, 11) is 0. The van der Waals surface area contributed by atoms with Gasteiger partial charge in [-0.15, -0.1) is 0 Å². The lowest BCUT2D eigenvalue weighted by atomic mass is 9.95. The van der Waals surface area contributed by atoms with E-state index in [0.717, 1.165) is 17.4 Å². The van der Waals surface area contributed by atoms with Gasteiger partial charge in [-0.3, -0.25) is 10.1 Å². The lowest BCUT2D eigenvalue weighted by Gasteiger charge is -2.23. The highest BCUT2D eigenvalue weighted by Crippen LogP contribution is 2.44. The van der Waals surface area contributed by atoms with E-state index in [9.17, 15) is 10.1 Å². The Morgan fingerprint density at radius 3 is 2.79 bits per heavy atom. The van der Waals surface area contributed by atoms with Crippen molar-refractivity contribution >= 4 is 17.3 Å². The molecule has 2 aliphatic rings. The molecule has 2 aliphatic carbocycles. The average molecular weight is 281 g/mol. The molecule has 1 N–H and O–H groups in total. The van der Waals surface area contributed by atoms with Gasteiger partial charge in [0.05, 0.1) is 9.95 Å². The molecule has 4 nitrogen and oxygen atoms in total. The van der Waals surface area contributed by atoms with E-state index in [1.165, 1.54) is 37.8 Å². The van der Waals surface area contributed by atoms with E-state index in [-0.39, 0.29) is 5.69 Å². The summed E-state index contributed by atoms with van der Waals surface area (Å²) >= 11 is 6.09. The number of rotatable bonds is 4. The van der Waals surface area contributed by atoms with Crippen LogP contribution < -0.4 is 5.32 Å². The highest BCUT2D eigenvalue weighted by Gasteiger charge is 2.38. The molecular weight excluding hydrogens is 264 g/mol. The molecule has 1 aromatic rings. The van der Waals surface area contributed by atoms with Crippen LogP contribution in [0.1, 0.15) is 31.2 Å². The predicted molar refractivity (Wildman–Crippen MR) is 74.2 cm³/mol. The van der Waals surface area contributed by atoms with E-state index in [1.54, 1.807) is 6.07 Å². The van der Waals surface area contributed by atoms with E-state index < -0.39 is 4.92 Å². The first kappa shape index (κ1) is 12.9. The third-order valence-corrected chi connectivity index (χ3v) is 4.89. The van der Waals surface area contributed by atoms with Crippen LogP contribution in [-0.4, -0.2) is 11.0 Å². The summed E-state index contributed by atoms with van der Waals surface area (Å²) in [4.78, 5) is 10.2. The van der Waals surface area contributed by atoms with Crippen LogP contribution >= 0.6 is 11.6 Å². The van der Waals surface area contributed by atoms with Gasteiger partial charge in [0.25, 0.3) is 5.69 Å². The highest BCUT2D eigenvalue weighted by molar-refractivity contribution is 6.31. The number of fused-ring (bicyclic) bond motifs is 2. The van der Waals surface area contributed by atoms with Crippen molar-refractivity contribution in [2.75, 3.05) is 0 Å². The molecule has 3 atom stereocenters. The molecule has 0 spiro atoms. The number of nitro benzene ring substituents is 1. The summed E-state index contributed by atoms with van der Waals surface area (Å²) < 4.78 is 0. The molecule has 0 radical (unpaired) electrons. The maximum atomic E-state index is 10.6. The molecule has 5 heteroatoms. The third kappa shape index (κ3) is 2.60. The molecule has 2 fully saturated rings. The summed E-state index contributed by atoms with van der Waals surface area (Å²) in [6.07, 6.45) is 5.37. The fourth-order valence-electron chi connectivity index (χ4n) is 3.53. The third-order valence-electron chi connectivity index (χ3n) is 4.54. The van der Waals surface area contributed by atoms with Gasteiger partial charge in [0.2, 0.25) is 0 Å². The Kier molecular flexibility index (Phi) is 3.46. The highest BCUT2D eigenvalue weighted by atomic mass is 35.5. The Hall–Kier alpha value is -1.13. The zero-order valence-corrected chi connectivity index (χ0v) is 11.4. The smallest absolute Gasteiger partial charge is 0.270 e. The summed E-state index contributed by atoms with van der Waals surface area (Å²) in [5.74, 6) is 1.73. The molecule has 0 amide bonds. The topological polar surface area (TPSA) is 55.2 Å². The molecule has 0 aliphatic heterocycles. The first-order chi connectivity index (χ1) is 9.13. The van der Waals surface area contributed by atoms with Crippen LogP contribution in [0.15, 0.2) is 18.2 Å². The molecule has 0 aromatic heterocycles. The average Bonchev–Trinajstić information content (AvgIpc) is 2.99. The molecular formula is C14H17ClN2O2. The fourth-order valence-corrected chi connectivity index (χ4v) is 3.77. The number of nitro groups is 1. The molecule has 1 aromatic carbocycles. The van der Waals surface area contributed by atoms with E-state index >= 15 is 0 Å². The second kappa shape index (κ2) is 5.10. The van der Waals surface area contributed by atoms with E-state index in [0.29, 0.717) is 17.6 Å². The summed E-state index contributed by atoms with van der Waals surface area (Å²) in [6, 6.07) is 5.30. The van der Waals surface area contributed by atoms with Gasteiger partial charge in [0.1, 0.15) is 0 Å². The van der Waals surface area contributed by atoms with Crippen molar-refractivity contribution in [1.82, 2.24) is 5.32 Å². The Labute approximate surface area is 117 Å². The van der Waals surface area contributed by atoms with Crippen molar-refractivity contribution in [1.29, 1.82) is 0 Å². The first-order valence-electron chi connectivity index (χ1n) is 6.79. The van der Waals surface area contributed by atoms with Crippen LogP contribution in [-0.2, 0) is 6.54 Å². The van der Waals surface area contributed by atoms with Crippen molar-refractivity contribution in [2.45, 2.75) is 38.3 Å². The maximum absolute atomic E-state index is 10.6. The second-order valence-electron chi connectivity index (χ2n) is 5.70. The zero-order chi connectivity index (χ0) is 13.4. The van der Waals surface area contributed by atoms with Crippen molar-refractivity contribution in [3.63, 3.8) is 0 Å². The molecule has 102 valence electrons. The standard InChI is InChI=1S/C14H17ClN2O2/c15-13-7-12(17(18)19)4-3-11(13)8-16-14-6-9-1-2-10(14)5-9/h3-4,7,9-10,14,16H,1-2,5-6,8H2. The summed E-state index contributed by atoms with van der Waals surface area (Å²) in [5, 5.41) is 14.7. The number of nitrogens with zero attached hydrogens (tertiary/aromatic N) is 1. The minimum absolute atomic E-state index is 0.0497. The van der Waals surface area contributed by atoms with Crippen molar-refractivity contribution in [3.8, 4) is 0 Å². The monoisotopic (exact) mass is 280 g/mol. The van der Waals surface area contributed by atoms with E-state index in [1.807, 2.05) is 0 Å². The largest absolute Gasteiger partial charge is 0.310 e. The van der Waals surface area contributed by atoms with Crippen LogP contribution in [0, 0.1) is 22.0 Å². The van der Waals surface area contributed by atoms with Gasteiger partial charge < -0.3 is 5.32 Å². The normalized spacial score (nSPS) is 28.8. The van der Waals surface area contributed by atoms with E-state index in [2.05, 4.69) is 5.32 Å². The quantitative estimate of drug-likeness (QED) is 0.678. The van der Waals surface area contributed by atoms with Crippen LogP contribution in [0.5, 0.6) is 0 Å². The van der Waals surface area contributed by atoms with Crippen molar-refractivity contribution in [2.24, 2.45) is 11.8 Å². The Morgan fingerprint density at radius 1 is 1.37 bits per heavy atom. The van der Waals surface area contributed by atoms with Crippen LogP contribution in [0.2, 0.25) is 5.02 Å². The molecule has 2 saturated carbocycles. The lowest BCUT2D eigenvalue weighted by Crippen LogP contribution is -2.33. The molecule has 0 heterocycles. The predicted octanol–water partition coefficient (Wildman–Crippen LogP) is 3.53. The second-order valence-corrected chi connectivity index (χ2v) is 6.10. The van der Waals surface area contributed by atoms with Gasteiger partial charge in [-0.25, -0.2) is 0 Å². The van der Waals surface area contributed by atoms with Gasteiger partial charge >= 0.3 is 0 Å². The lowest BCUT2D eigenvalue weighted by molar-refractivity contribution is -0.384. The fraction of sp³-hybridized carbons (Fsp3) is 0.571. The van der Waals surface area contributed by atoms with Crippen LogP contribution in [0.25, 0.3) is 0 Å². The summed E-state index contributed by atoms with van der Waals surface area (Å²) in [5.41, 5.74) is 0.990. The van der Waals surface area contributed by atoms with Crippen LogP contribution in [0.4, 0.5) is 5.69 Å². The minimum atomic E-state index is -0.418. The van der Waals surface area contributed by atoms with Gasteiger partial charge in [0, 0.05) is 24.7 Å². The van der Waals surface area contributed by atoms with Gasteiger partial charge in [-0.2, -0.15) is 0 Å². The Bertz CT molecular complexity index is 506. The zero-order valence-electron chi connectivity index (χ0n) is 10.6. The maximum Gasteiger partial charge on any atom is 0.270 e. The Balaban J connectivity index is 1.62. The van der Waals surface area contributed by atoms with Crippen molar-refractivity contribution in [3.05, 3.63) is 38.9 Å². The number of non-ortho nitro benzene ring substituents is 1. The van der Waals surface area contributed by atoms with Crippen molar-refractivity contribution < 1.29 is 4.92 Å². The number of hydrogen-bond acceptors (Lipinski definition) is 3.